The summed E-state index contributed by atoms with van der Waals surface area (Å²) in [7, 11) is 1.24. The number of nitrogens with one attached hydrogen (secondary N) is 2. The zero-order valence-electron chi connectivity index (χ0n) is 15.3. The predicted molar refractivity (Wildman–Crippen MR) is 101 cm³/mol. The molecule has 0 fully saturated rings. The Morgan fingerprint density at radius 2 is 2.07 bits per heavy atom. The van der Waals surface area contributed by atoms with Gasteiger partial charge in [0.1, 0.15) is 22.9 Å². The molecule has 1 amide bonds. The van der Waals surface area contributed by atoms with Crippen LogP contribution < -0.4 is 15.7 Å². The van der Waals surface area contributed by atoms with E-state index in [0.29, 0.717) is 18.8 Å². The van der Waals surface area contributed by atoms with Gasteiger partial charge in [0.25, 0.3) is 0 Å². The Labute approximate surface area is 160 Å². The first-order valence-electron chi connectivity index (χ1n) is 8.19. The molecule has 0 aliphatic heterocycles. The maximum Gasteiger partial charge on any atom is 0.346 e. The van der Waals surface area contributed by atoms with Crippen molar-refractivity contribution in [2.24, 2.45) is 0 Å². The fourth-order valence-corrected chi connectivity index (χ4v) is 3.15. The van der Waals surface area contributed by atoms with Gasteiger partial charge in [-0.25, -0.2) is 9.59 Å². The van der Waals surface area contributed by atoms with Gasteiger partial charge in [0, 0.05) is 5.69 Å². The third-order valence-electron chi connectivity index (χ3n) is 3.50. The van der Waals surface area contributed by atoms with E-state index in [2.05, 4.69) is 15.3 Å². The van der Waals surface area contributed by atoms with Gasteiger partial charge in [-0.15, -0.1) is 0 Å². The lowest BCUT2D eigenvalue weighted by molar-refractivity contribution is -0.118. The number of amides is 1. The van der Waals surface area contributed by atoms with Crippen molar-refractivity contribution in [3.05, 3.63) is 51.6 Å². The van der Waals surface area contributed by atoms with Crippen molar-refractivity contribution in [2.75, 3.05) is 26.0 Å². The van der Waals surface area contributed by atoms with Crippen molar-refractivity contribution < 1.29 is 19.1 Å². The number of aryl methyl sites for hydroxylation is 2. The van der Waals surface area contributed by atoms with Crippen LogP contribution in [0.1, 0.15) is 21.6 Å². The van der Waals surface area contributed by atoms with E-state index in [0.717, 1.165) is 23.1 Å². The van der Waals surface area contributed by atoms with E-state index >= 15 is 0 Å². The number of carbonyl (C=O) groups is 2. The second-order valence-corrected chi connectivity index (χ2v) is 6.61. The summed E-state index contributed by atoms with van der Waals surface area (Å²) in [5.74, 6) is -0.136. The zero-order chi connectivity index (χ0) is 19.8. The molecule has 1 aromatic heterocycles. The van der Waals surface area contributed by atoms with E-state index < -0.39 is 11.7 Å². The minimum Gasteiger partial charge on any atom is -0.492 e. The third kappa shape index (κ3) is 6.14. The number of methoxy groups -OCH3 is 1. The quantitative estimate of drug-likeness (QED) is 0.303. The minimum atomic E-state index is -0.620. The fourth-order valence-electron chi connectivity index (χ4n) is 2.26. The molecule has 1 aromatic carbocycles. The molecule has 27 heavy (non-hydrogen) atoms. The highest BCUT2D eigenvalue weighted by Crippen LogP contribution is 2.21. The summed E-state index contributed by atoms with van der Waals surface area (Å²) in [5, 5.41) is 2.88. The summed E-state index contributed by atoms with van der Waals surface area (Å²) < 4.78 is 10.3. The second-order valence-electron chi connectivity index (χ2n) is 5.64. The molecule has 2 rings (SSSR count). The van der Waals surface area contributed by atoms with Gasteiger partial charge in [-0.05, 0) is 31.5 Å². The number of hydrogen-bond donors (Lipinski definition) is 2. The number of rotatable bonds is 8. The van der Waals surface area contributed by atoms with E-state index in [1.165, 1.54) is 7.11 Å². The lowest BCUT2D eigenvalue weighted by atomic mass is 10.2. The molecule has 0 spiro atoms. The Bertz CT molecular complexity index is 882. The van der Waals surface area contributed by atoms with Crippen molar-refractivity contribution in [2.45, 2.75) is 18.9 Å². The molecule has 9 heteroatoms. The molecule has 0 saturated heterocycles. The maximum atomic E-state index is 12.0. The molecule has 1 heterocycles. The molecule has 0 radical (unpaired) electrons. The molecular formula is C18H21N3O5S. The summed E-state index contributed by atoms with van der Waals surface area (Å²) in [5.41, 5.74) is 0.999. The van der Waals surface area contributed by atoms with Gasteiger partial charge >= 0.3 is 11.7 Å². The van der Waals surface area contributed by atoms with Crippen molar-refractivity contribution >= 4 is 23.6 Å². The van der Waals surface area contributed by atoms with E-state index in [-0.39, 0.29) is 22.2 Å². The van der Waals surface area contributed by atoms with Gasteiger partial charge in [0.15, 0.2) is 0 Å². The molecule has 2 N–H and O–H groups in total. The summed E-state index contributed by atoms with van der Waals surface area (Å²) in [6.45, 7) is 4.20. The van der Waals surface area contributed by atoms with Crippen LogP contribution in [0.15, 0.2) is 34.1 Å². The van der Waals surface area contributed by atoms with E-state index in [1.807, 2.05) is 31.2 Å². The van der Waals surface area contributed by atoms with Crippen molar-refractivity contribution in [3.8, 4) is 5.75 Å². The second kappa shape index (κ2) is 9.77. The highest BCUT2D eigenvalue weighted by atomic mass is 32.2. The molecule has 0 aliphatic rings. The SMILES string of the molecule is COC(=O)c1c(SCC(=O)NCCOc2cccc(C)c2)nc(=O)[nH]c1C. The monoisotopic (exact) mass is 391 g/mol. The fraction of sp³-hybridized carbons (Fsp3) is 0.333. The molecule has 0 aliphatic carbocycles. The van der Waals surface area contributed by atoms with Crippen LogP contribution in [0.3, 0.4) is 0 Å². The number of aromatic amines is 1. The molecule has 144 valence electrons. The van der Waals surface area contributed by atoms with E-state index in [1.54, 1.807) is 6.92 Å². The number of esters is 1. The van der Waals surface area contributed by atoms with Crippen LogP contribution in [0.2, 0.25) is 0 Å². The summed E-state index contributed by atoms with van der Waals surface area (Å²) in [6.07, 6.45) is 0. The first kappa shape index (κ1) is 20.5. The largest absolute Gasteiger partial charge is 0.492 e. The van der Waals surface area contributed by atoms with Crippen LogP contribution in [0.25, 0.3) is 0 Å². The minimum absolute atomic E-state index is 0.00430. The molecule has 0 unspecified atom stereocenters. The van der Waals surface area contributed by atoms with Gasteiger partial charge in [0.2, 0.25) is 5.91 Å². The standard InChI is InChI=1S/C18H21N3O5S/c1-11-5-4-6-13(9-11)26-8-7-19-14(22)10-27-16-15(17(23)25-3)12(2)20-18(24)21-16/h4-6,9H,7-8,10H2,1-3H3,(H,19,22)(H,20,21,24). The average Bonchev–Trinajstić information content (AvgIpc) is 2.62. The van der Waals surface area contributed by atoms with Crippen LogP contribution in [-0.4, -0.2) is 47.9 Å². The Morgan fingerprint density at radius 1 is 1.30 bits per heavy atom. The van der Waals surface area contributed by atoms with E-state index in [9.17, 15) is 14.4 Å². The number of thioether (sulfide) groups is 1. The Morgan fingerprint density at radius 3 is 2.78 bits per heavy atom. The average molecular weight is 391 g/mol. The van der Waals surface area contributed by atoms with E-state index in [4.69, 9.17) is 9.47 Å². The maximum absolute atomic E-state index is 12.0. The molecule has 0 atom stereocenters. The number of hydrogen-bond acceptors (Lipinski definition) is 7. The van der Waals surface area contributed by atoms with Crippen LogP contribution >= 0.6 is 11.8 Å². The number of carbonyl (C=O) groups excluding carboxylic acids is 2. The van der Waals surface area contributed by atoms with Gasteiger partial charge in [-0.2, -0.15) is 4.98 Å². The van der Waals surface area contributed by atoms with Crippen molar-refractivity contribution in [1.82, 2.24) is 15.3 Å². The smallest absolute Gasteiger partial charge is 0.346 e. The number of H-pyrrole nitrogens is 1. The first-order valence-corrected chi connectivity index (χ1v) is 9.17. The Balaban J connectivity index is 1.85. The van der Waals surface area contributed by atoms with Gasteiger partial charge in [0.05, 0.1) is 19.4 Å². The number of aromatic nitrogens is 2. The Kier molecular flexibility index (Phi) is 7.42. The molecule has 8 nitrogen and oxygen atoms in total. The molecule has 2 aromatic rings. The first-order chi connectivity index (χ1) is 12.9. The van der Waals surface area contributed by atoms with Gasteiger partial charge < -0.3 is 19.8 Å². The van der Waals surface area contributed by atoms with Crippen molar-refractivity contribution in [1.29, 1.82) is 0 Å². The summed E-state index contributed by atoms with van der Waals surface area (Å²) >= 11 is 0.999. The molecule has 0 bridgehead atoms. The Hall–Kier alpha value is -2.81. The van der Waals surface area contributed by atoms with Crippen LogP contribution in [0.4, 0.5) is 0 Å². The lowest BCUT2D eigenvalue weighted by Crippen LogP contribution is -2.29. The number of benzene rings is 1. The van der Waals surface area contributed by atoms with Crippen LogP contribution in [0, 0.1) is 13.8 Å². The number of ether oxygens (including phenoxy) is 2. The van der Waals surface area contributed by atoms with Gasteiger partial charge in [-0.1, -0.05) is 23.9 Å². The predicted octanol–water partition coefficient (Wildman–Crippen LogP) is 1.46. The van der Waals surface area contributed by atoms with Gasteiger partial charge in [-0.3, -0.25) is 4.79 Å². The molecule has 0 saturated carbocycles. The van der Waals surface area contributed by atoms with Crippen LogP contribution in [-0.2, 0) is 9.53 Å². The third-order valence-corrected chi connectivity index (χ3v) is 4.47. The summed E-state index contributed by atoms with van der Waals surface area (Å²) in [6, 6.07) is 7.63. The van der Waals surface area contributed by atoms with Crippen LogP contribution in [0.5, 0.6) is 5.75 Å². The topological polar surface area (TPSA) is 110 Å². The highest BCUT2D eigenvalue weighted by Gasteiger charge is 2.19. The summed E-state index contributed by atoms with van der Waals surface area (Å²) in [4.78, 5) is 41.6. The zero-order valence-corrected chi connectivity index (χ0v) is 16.1. The highest BCUT2D eigenvalue weighted by molar-refractivity contribution is 8.00. The van der Waals surface area contributed by atoms with Crippen molar-refractivity contribution in [3.63, 3.8) is 0 Å². The molecular weight excluding hydrogens is 370 g/mol. The number of nitrogens with zero attached hydrogens (tertiary/aromatic N) is 1. The lowest BCUT2D eigenvalue weighted by Gasteiger charge is -2.10. The normalized spacial score (nSPS) is 10.3.